The lowest BCUT2D eigenvalue weighted by atomic mass is 10.00. The van der Waals surface area contributed by atoms with Gasteiger partial charge in [-0.3, -0.25) is 4.67 Å². The van der Waals surface area contributed by atoms with Crippen molar-refractivity contribution in [3.05, 3.63) is 121 Å². The van der Waals surface area contributed by atoms with Crippen LogP contribution in [0.15, 0.2) is 121 Å². The van der Waals surface area contributed by atoms with Crippen molar-refractivity contribution >= 4 is 37.2 Å². The Bertz CT molecular complexity index is 1090. The Hall–Kier alpha value is -2.30. The molecule has 4 aromatic carbocycles. The molecule has 1 nitrogen and oxygen atoms in total. The van der Waals surface area contributed by atoms with E-state index >= 15 is 0 Å². The number of nitrogens with zero attached hydrogens (tertiary/aromatic N) is 1. The van der Waals surface area contributed by atoms with Crippen LogP contribution >= 0.6 is 16.0 Å². The number of hydrogen-bond acceptors (Lipinski definition) is 1. The highest BCUT2D eigenvalue weighted by Gasteiger charge is 2.40. The van der Waals surface area contributed by atoms with Crippen molar-refractivity contribution in [2.75, 3.05) is 7.05 Å². The van der Waals surface area contributed by atoms with Crippen LogP contribution in [0.2, 0.25) is 0 Å². The summed E-state index contributed by atoms with van der Waals surface area (Å²) in [6, 6.07) is 45.4. The fourth-order valence-electron chi connectivity index (χ4n) is 5.67. The molecular weight excluding hydrogens is 460 g/mol. The molecule has 1 aliphatic carbocycles. The minimum absolute atomic E-state index is 0.396. The zero-order valence-electron chi connectivity index (χ0n) is 20.7. The molecule has 0 heterocycles. The quantitative estimate of drug-likeness (QED) is 0.247. The zero-order chi connectivity index (χ0) is 24.0. The van der Waals surface area contributed by atoms with E-state index in [9.17, 15) is 0 Å². The molecule has 5 rings (SSSR count). The Labute approximate surface area is 213 Å². The molecule has 2 unspecified atom stereocenters. The molecule has 35 heavy (non-hydrogen) atoms. The van der Waals surface area contributed by atoms with Crippen LogP contribution in [0.5, 0.6) is 0 Å². The van der Waals surface area contributed by atoms with Crippen molar-refractivity contribution in [2.45, 2.75) is 37.9 Å². The second-order valence-electron chi connectivity index (χ2n) is 9.50. The molecule has 0 amide bonds. The summed E-state index contributed by atoms with van der Waals surface area (Å²) in [7, 11) is 1.40. The van der Waals surface area contributed by atoms with Crippen molar-refractivity contribution in [3.63, 3.8) is 0 Å². The molecule has 0 bridgehead atoms. The smallest absolute Gasteiger partial charge is 0.0281 e. The maximum Gasteiger partial charge on any atom is 0.0281 e. The van der Waals surface area contributed by atoms with E-state index in [2.05, 4.69) is 140 Å². The first-order chi connectivity index (χ1) is 17.2. The van der Waals surface area contributed by atoms with Gasteiger partial charge in [0, 0.05) is 14.1 Å². The minimum atomic E-state index is -0.574. The van der Waals surface area contributed by atoms with Gasteiger partial charge in [0.25, 0.3) is 0 Å². The number of hydrogen-bond donors (Lipinski definition) is 0. The van der Waals surface area contributed by atoms with Gasteiger partial charge in [-0.05, 0) is 67.5 Å². The van der Waals surface area contributed by atoms with Gasteiger partial charge >= 0.3 is 0 Å². The highest BCUT2D eigenvalue weighted by atomic mass is 31.1. The topological polar surface area (TPSA) is 3.24 Å². The lowest BCUT2D eigenvalue weighted by Crippen LogP contribution is -2.40. The molecule has 1 aliphatic rings. The van der Waals surface area contributed by atoms with Gasteiger partial charge in [-0.15, -0.1) is 0 Å². The first-order valence-electron chi connectivity index (χ1n) is 12.8. The summed E-state index contributed by atoms with van der Waals surface area (Å²) in [6.07, 6.45) is 3.98. The molecule has 0 spiro atoms. The molecule has 0 N–H and O–H groups in total. The predicted octanol–water partition coefficient (Wildman–Crippen LogP) is 6.66. The third kappa shape index (κ3) is 5.44. The van der Waals surface area contributed by atoms with E-state index in [-0.39, 0.29) is 0 Å². The van der Waals surface area contributed by atoms with Crippen LogP contribution in [0.25, 0.3) is 0 Å². The van der Waals surface area contributed by atoms with E-state index in [0.717, 1.165) is 0 Å². The molecule has 0 aliphatic heterocycles. The van der Waals surface area contributed by atoms with E-state index < -0.39 is 16.0 Å². The maximum atomic E-state index is 2.71. The third-order valence-electron chi connectivity index (χ3n) is 7.46. The van der Waals surface area contributed by atoms with Gasteiger partial charge in [-0.25, -0.2) is 0 Å². The molecule has 1 saturated carbocycles. The largest absolute Gasteiger partial charge is 0.275 e. The molecule has 1 fully saturated rings. The molecular formula is C32H35NP2. The molecule has 3 heteroatoms. The molecule has 0 aromatic heterocycles. The number of benzene rings is 4. The Kier molecular flexibility index (Phi) is 8.10. The summed E-state index contributed by atoms with van der Waals surface area (Å²) < 4.78 is 2.71. The average Bonchev–Trinajstić information content (AvgIpc) is 3.40. The highest BCUT2D eigenvalue weighted by Crippen LogP contribution is 2.53. The van der Waals surface area contributed by atoms with Crippen LogP contribution in [0, 0.1) is 5.92 Å². The van der Waals surface area contributed by atoms with Crippen molar-refractivity contribution in [1.82, 2.24) is 4.67 Å². The monoisotopic (exact) mass is 495 g/mol. The van der Waals surface area contributed by atoms with Crippen LogP contribution in [-0.4, -0.2) is 23.4 Å². The van der Waals surface area contributed by atoms with Crippen LogP contribution in [0.4, 0.5) is 0 Å². The van der Waals surface area contributed by atoms with Gasteiger partial charge in [0.05, 0.1) is 0 Å². The summed E-state index contributed by atoms with van der Waals surface area (Å²) >= 11 is 0. The first-order valence-corrected chi connectivity index (χ1v) is 15.5. The SMILES string of the molecule is C[C@@H](C1CCCC1P(c1ccccc1)c1ccccc1)N(C)P(c1ccccc1)c1ccccc1. The third-order valence-corrected chi connectivity index (χ3v) is 13.0. The molecule has 4 aromatic rings. The summed E-state index contributed by atoms with van der Waals surface area (Å²) in [5.41, 5.74) is 0.704. The second kappa shape index (κ2) is 11.6. The van der Waals surface area contributed by atoms with Gasteiger partial charge < -0.3 is 0 Å². The van der Waals surface area contributed by atoms with Crippen LogP contribution < -0.4 is 21.2 Å². The van der Waals surface area contributed by atoms with Crippen molar-refractivity contribution < 1.29 is 0 Å². The standard InChI is InChI=1S/C32H35NP2/c1-26(33(2)35(29-20-11-5-12-21-29)30-22-13-6-14-23-30)31-24-15-25-32(31)34(27-16-7-3-8-17-27)28-18-9-4-10-19-28/h3-14,16-23,26,31-32H,15,24-25H2,1-2H3/t26-,31?,32?/m0/s1. The van der Waals surface area contributed by atoms with Gasteiger partial charge in [-0.1, -0.05) is 128 Å². The van der Waals surface area contributed by atoms with Crippen molar-refractivity contribution in [2.24, 2.45) is 5.92 Å². The van der Waals surface area contributed by atoms with Crippen LogP contribution in [0.1, 0.15) is 26.2 Å². The Morgan fingerprint density at radius 1 is 0.600 bits per heavy atom. The van der Waals surface area contributed by atoms with Crippen molar-refractivity contribution in [3.8, 4) is 0 Å². The van der Waals surface area contributed by atoms with Crippen molar-refractivity contribution in [1.29, 1.82) is 0 Å². The van der Waals surface area contributed by atoms with E-state index in [1.807, 2.05) is 0 Å². The van der Waals surface area contributed by atoms with Crippen LogP contribution in [-0.2, 0) is 0 Å². The lowest BCUT2D eigenvalue weighted by Gasteiger charge is -2.40. The summed E-state index contributed by atoms with van der Waals surface area (Å²) in [5.74, 6) is 0.684. The lowest BCUT2D eigenvalue weighted by molar-refractivity contribution is 0.308. The van der Waals surface area contributed by atoms with Gasteiger partial charge in [0.15, 0.2) is 0 Å². The van der Waals surface area contributed by atoms with Gasteiger partial charge in [0.2, 0.25) is 0 Å². The summed E-state index contributed by atoms with van der Waals surface area (Å²) in [6.45, 7) is 2.49. The molecule has 0 saturated heterocycles. The molecule has 3 atom stereocenters. The van der Waals surface area contributed by atoms with E-state index in [1.165, 1.54) is 40.5 Å². The fraction of sp³-hybridized carbons (Fsp3) is 0.250. The highest BCUT2D eigenvalue weighted by molar-refractivity contribution is 7.73. The zero-order valence-corrected chi connectivity index (χ0v) is 22.5. The normalized spacial score (nSPS) is 18.9. The Morgan fingerprint density at radius 2 is 1.00 bits per heavy atom. The van der Waals surface area contributed by atoms with E-state index in [1.54, 1.807) is 0 Å². The molecule has 0 radical (unpaired) electrons. The average molecular weight is 496 g/mol. The number of rotatable bonds is 8. The second-order valence-corrected chi connectivity index (χ2v) is 14.2. The Balaban J connectivity index is 1.49. The van der Waals surface area contributed by atoms with E-state index in [0.29, 0.717) is 17.6 Å². The minimum Gasteiger partial charge on any atom is -0.275 e. The summed E-state index contributed by atoms with van der Waals surface area (Å²) in [5, 5.41) is 5.92. The Morgan fingerprint density at radius 3 is 1.43 bits per heavy atom. The van der Waals surface area contributed by atoms with Gasteiger partial charge in [0.1, 0.15) is 0 Å². The van der Waals surface area contributed by atoms with Gasteiger partial charge in [-0.2, -0.15) is 0 Å². The predicted molar refractivity (Wildman–Crippen MR) is 156 cm³/mol. The summed E-state index contributed by atoms with van der Waals surface area (Å²) in [4.78, 5) is 0. The van der Waals surface area contributed by atoms with Crippen LogP contribution in [0.3, 0.4) is 0 Å². The maximum absolute atomic E-state index is 2.71. The first kappa shape index (κ1) is 24.4. The molecule has 178 valence electrons. The fourth-order valence-corrected chi connectivity index (χ4v) is 11.4. The van der Waals surface area contributed by atoms with E-state index in [4.69, 9.17) is 0 Å².